The predicted octanol–water partition coefficient (Wildman–Crippen LogP) is 5.38. The van der Waals surface area contributed by atoms with E-state index in [0.717, 1.165) is 25.3 Å². The topological polar surface area (TPSA) is 87.0 Å². The number of aromatic nitrogens is 1. The van der Waals surface area contributed by atoms with E-state index in [0.29, 0.717) is 5.69 Å². The van der Waals surface area contributed by atoms with Crippen LogP contribution in [0.2, 0.25) is 0 Å². The number of pyridine rings is 1. The molecule has 0 aliphatic carbocycles. The molecule has 1 aromatic heterocycles. The summed E-state index contributed by atoms with van der Waals surface area (Å²) in [6.45, 7) is 0. The number of nitriles is 1. The van der Waals surface area contributed by atoms with Gasteiger partial charge in [0.15, 0.2) is 5.82 Å². The Morgan fingerprint density at radius 2 is 1.81 bits per heavy atom. The summed E-state index contributed by atoms with van der Waals surface area (Å²) in [6.07, 6.45) is -3.28. The van der Waals surface area contributed by atoms with Crippen molar-refractivity contribution in [1.82, 2.24) is 4.98 Å². The first kappa shape index (κ1) is 21.6. The summed E-state index contributed by atoms with van der Waals surface area (Å²) in [5.41, 5.74) is -1.15. The Labute approximate surface area is 174 Å². The van der Waals surface area contributed by atoms with Crippen LogP contribution in [-0.4, -0.2) is 18.1 Å². The van der Waals surface area contributed by atoms with Crippen LogP contribution in [-0.2, 0) is 10.9 Å². The first-order valence-electron chi connectivity index (χ1n) is 8.71. The Kier molecular flexibility index (Phi) is 6.06. The lowest BCUT2D eigenvalue weighted by molar-refractivity contribution is -0.137. The van der Waals surface area contributed by atoms with E-state index in [-0.39, 0.29) is 22.8 Å². The van der Waals surface area contributed by atoms with Gasteiger partial charge >= 0.3 is 12.1 Å². The number of nitrogens with one attached hydrogen (secondary N) is 2. The number of halogens is 4. The fourth-order valence-corrected chi connectivity index (χ4v) is 2.72. The molecule has 0 unspecified atom stereocenters. The number of hydrogen-bond acceptors (Lipinski definition) is 6. The highest BCUT2D eigenvalue weighted by molar-refractivity contribution is 5.90. The largest absolute Gasteiger partial charge is 0.465 e. The first-order valence-corrected chi connectivity index (χ1v) is 8.71. The number of esters is 1. The molecule has 0 atom stereocenters. The number of benzene rings is 2. The zero-order valence-electron chi connectivity index (χ0n) is 15.9. The zero-order chi connectivity index (χ0) is 22.6. The van der Waals surface area contributed by atoms with Crippen LogP contribution < -0.4 is 10.6 Å². The van der Waals surface area contributed by atoms with Crippen molar-refractivity contribution in [2.45, 2.75) is 6.18 Å². The van der Waals surface area contributed by atoms with Crippen molar-refractivity contribution >= 4 is 28.8 Å². The summed E-state index contributed by atoms with van der Waals surface area (Å²) < 4.78 is 58.2. The van der Waals surface area contributed by atoms with E-state index >= 15 is 0 Å². The predicted molar refractivity (Wildman–Crippen MR) is 105 cm³/mol. The normalized spacial score (nSPS) is 10.8. The molecule has 0 bridgehead atoms. The highest BCUT2D eigenvalue weighted by Gasteiger charge is 2.33. The number of nitrogens with zero attached hydrogens (tertiary/aromatic N) is 2. The molecule has 6 nitrogen and oxygen atoms in total. The molecule has 3 aromatic rings. The Morgan fingerprint density at radius 1 is 1.10 bits per heavy atom. The molecule has 1 heterocycles. The van der Waals surface area contributed by atoms with Crippen LogP contribution in [0, 0.1) is 17.1 Å². The van der Waals surface area contributed by atoms with Gasteiger partial charge in [-0.25, -0.2) is 14.2 Å². The third-order valence-corrected chi connectivity index (χ3v) is 4.17. The van der Waals surface area contributed by atoms with Gasteiger partial charge in [0.1, 0.15) is 5.82 Å². The summed E-state index contributed by atoms with van der Waals surface area (Å²) >= 11 is 0. The quantitative estimate of drug-likeness (QED) is 0.417. The van der Waals surface area contributed by atoms with Gasteiger partial charge in [-0.15, -0.1) is 0 Å². The number of ether oxygens (including phenoxy) is 1. The minimum atomic E-state index is -4.70. The molecule has 10 heteroatoms. The minimum Gasteiger partial charge on any atom is -0.465 e. The van der Waals surface area contributed by atoms with Gasteiger partial charge in [-0.3, -0.25) is 0 Å². The number of carbonyl (C=O) groups excluding carboxylic acids is 1. The molecule has 2 aromatic carbocycles. The molecule has 3 rings (SSSR count). The standard InChI is InChI=1S/C21H14F4N4O2/c1-31-20(30)15-7-6-14(10-17(15)22)28-18-3-2-8-27-19(18)29-13-5-4-12(11-26)16(9-13)21(23,24)25/h2-10,28H,1H3,(H,27,29). The van der Waals surface area contributed by atoms with E-state index < -0.39 is 29.1 Å². The maximum atomic E-state index is 14.2. The van der Waals surface area contributed by atoms with E-state index in [1.807, 2.05) is 0 Å². The van der Waals surface area contributed by atoms with E-state index in [9.17, 15) is 22.4 Å². The maximum absolute atomic E-state index is 14.2. The van der Waals surface area contributed by atoms with Gasteiger partial charge in [-0.1, -0.05) is 0 Å². The Balaban J connectivity index is 1.89. The number of alkyl halides is 3. The fraction of sp³-hybridized carbons (Fsp3) is 0.0952. The molecule has 2 N–H and O–H groups in total. The maximum Gasteiger partial charge on any atom is 0.417 e. The van der Waals surface area contributed by atoms with Crippen LogP contribution in [0.4, 0.5) is 40.4 Å². The third kappa shape index (κ3) is 4.90. The van der Waals surface area contributed by atoms with Crippen LogP contribution in [0.3, 0.4) is 0 Å². The molecular weight excluding hydrogens is 416 g/mol. The number of methoxy groups -OCH3 is 1. The van der Waals surface area contributed by atoms with E-state index in [2.05, 4.69) is 20.4 Å². The van der Waals surface area contributed by atoms with E-state index in [1.54, 1.807) is 12.1 Å². The van der Waals surface area contributed by atoms with Crippen LogP contribution in [0.15, 0.2) is 54.7 Å². The first-order chi connectivity index (χ1) is 14.7. The molecule has 0 spiro atoms. The van der Waals surface area contributed by atoms with Crippen molar-refractivity contribution in [1.29, 1.82) is 5.26 Å². The summed E-state index contributed by atoms with van der Waals surface area (Å²) in [5, 5.41) is 14.6. The summed E-state index contributed by atoms with van der Waals surface area (Å²) in [6, 6.07) is 11.6. The second-order valence-electron chi connectivity index (χ2n) is 6.21. The fourth-order valence-electron chi connectivity index (χ4n) is 2.72. The van der Waals surface area contributed by atoms with Gasteiger partial charge in [0.25, 0.3) is 0 Å². The SMILES string of the molecule is COC(=O)c1ccc(Nc2cccnc2Nc2ccc(C#N)c(C(F)(F)F)c2)cc1F. The molecule has 0 saturated carbocycles. The highest BCUT2D eigenvalue weighted by atomic mass is 19.4. The molecule has 158 valence electrons. The van der Waals surface area contributed by atoms with E-state index in [4.69, 9.17) is 5.26 Å². The van der Waals surface area contributed by atoms with Gasteiger partial charge in [0.05, 0.1) is 35.6 Å². The lowest BCUT2D eigenvalue weighted by Crippen LogP contribution is -2.09. The van der Waals surface area contributed by atoms with E-state index in [1.165, 1.54) is 30.5 Å². The molecule has 0 amide bonds. The molecule has 0 saturated heterocycles. The number of anilines is 4. The van der Waals surface area contributed by atoms with Crippen LogP contribution in [0.1, 0.15) is 21.5 Å². The Bertz CT molecular complexity index is 1170. The van der Waals surface area contributed by atoms with Crippen LogP contribution in [0.25, 0.3) is 0 Å². The minimum absolute atomic E-state index is 0.0558. The number of rotatable bonds is 5. The van der Waals surface area contributed by atoms with Crippen molar-refractivity contribution in [2.24, 2.45) is 0 Å². The monoisotopic (exact) mass is 430 g/mol. The highest BCUT2D eigenvalue weighted by Crippen LogP contribution is 2.35. The molecular formula is C21H14F4N4O2. The van der Waals surface area contributed by atoms with Crippen LogP contribution in [0.5, 0.6) is 0 Å². The number of hydrogen-bond donors (Lipinski definition) is 2. The second kappa shape index (κ2) is 8.71. The lowest BCUT2D eigenvalue weighted by Gasteiger charge is -2.15. The summed E-state index contributed by atoms with van der Waals surface area (Å²) in [5.74, 6) is -1.47. The Hall–Kier alpha value is -4.13. The molecule has 0 radical (unpaired) electrons. The van der Waals surface area contributed by atoms with Crippen molar-refractivity contribution in [3.8, 4) is 6.07 Å². The molecule has 0 aliphatic rings. The Morgan fingerprint density at radius 3 is 2.45 bits per heavy atom. The van der Waals surface area contributed by atoms with Gasteiger partial charge in [-0.05, 0) is 48.5 Å². The van der Waals surface area contributed by atoms with Gasteiger partial charge < -0.3 is 15.4 Å². The van der Waals surface area contributed by atoms with Crippen molar-refractivity contribution < 1.29 is 27.1 Å². The van der Waals surface area contributed by atoms with Crippen molar-refractivity contribution in [3.05, 3.63) is 77.2 Å². The summed E-state index contributed by atoms with van der Waals surface area (Å²) in [4.78, 5) is 15.6. The molecule has 0 fully saturated rings. The average molecular weight is 430 g/mol. The summed E-state index contributed by atoms with van der Waals surface area (Å²) in [7, 11) is 1.13. The lowest BCUT2D eigenvalue weighted by atomic mass is 10.1. The van der Waals surface area contributed by atoms with Gasteiger partial charge in [0, 0.05) is 17.6 Å². The number of carbonyl (C=O) groups is 1. The van der Waals surface area contributed by atoms with Gasteiger partial charge in [0.2, 0.25) is 0 Å². The molecule has 31 heavy (non-hydrogen) atoms. The van der Waals surface area contributed by atoms with Crippen molar-refractivity contribution in [3.63, 3.8) is 0 Å². The third-order valence-electron chi connectivity index (χ3n) is 4.17. The smallest absolute Gasteiger partial charge is 0.417 e. The van der Waals surface area contributed by atoms with Crippen LogP contribution >= 0.6 is 0 Å². The molecule has 0 aliphatic heterocycles. The second-order valence-corrected chi connectivity index (χ2v) is 6.21. The van der Waals surface area contributed by atoms with Crippen molar-refractivity contribution in [2.75, 3.05) is 17.7 Å². The average Bonchev–Trinajstić information content (AvgIpc) is 2.74. The zero-order valence-corrected chi connectivity index (χ0v) is 15.9. The van der Waals surface area contributed by atoms with Gasteiger partial charge in [-0.2, -0.15) is 18.4 Å².